The third-order valence-electron chi connectivity index (χ3n) is 2.71. The zero-order chi connectivity index (χ0) is 17.8. The molecular weight excluding hydrogens is 448 g/mol. The summed E-state index contributed by atoms with van der Waals surface area (Å²) in [5, 5.41) is 2.15. The summed E-state index contributed by atoms with van der Waals surface area (Å²) < 4.78 is 37.4. The van der Waals surface area contributed by atoms with Crippen LogP contribution in [0.25, 0.3) is 0 Å². The summed E-state index contributed by atoms with van der Waals surface area (Å²) in [6, 6.07) is 2.82. The fraction of sp³-hybridized carbons (Fsp3) is 0.286. The predicted molar refractivity (Wildman–Crippen MR) is 90.1 cm³/mol. The van der Waals surface area contributed by atoms with Crippen molar-refractivity contribution in [3.8, 4) is 0 Å². The summed E-state index contributed by atoms with van der Waals surface area (Å²) in [5.41, 5.74) is 6.53. The molecule has 23 heavy (non-hydrogen) atoms. The quantitative estimate of drug-likeness (QED) is 0.519. The number of carbonyl (C=O) groups is 2. The van der Waals surface area contributed by atoms with Crippen LogP contribution in [0.3, 0.4) is 0 Å². The zero-order valence-electron chi connectivity index (χ0n) is 11.9. The summed E-state index contributed by atoms with van der Waals surface area (Å²) in [4.78, 5) is 21.9. The number of hydrogen-bond donors (Lipinski definition) is 2. The van der Waals surface area contributed by atoms with E-state index >= 15 is 0 Å². The van der Waals surface area contributed by atoms with E-state index in [0.29, 0.717) is 32.7 Å². The first-order chi connectivity index (χ1) is 10.5. The molecule has 0 spiro atoms. The molecule has 0 saturated carbocycles. The van der Waals surface area contributed by atoms with Gasteiger partial charge in [-0.1, -0.05) is 11.6 Å². The van der Waals surface area contributed by atoms with Crippen LogP contribution in [0.1, 0.15) is 18.9 Å². The summed E-state index contributed by atoms with van der Waals surface area (Å²) in [6.45, 7) is 1.36. The highest BCUT2D eigenvalue weighted by Crippen LogP contribution is 2.29. The molecule has 0 aliphatic rings. The Kier molecular flexibility index (Phi) is 6.87. The van der Waals surface area contributed by atoms with Crippen LogP contribution in [0, 0.1) is 3.57 Å². The number of carbonyl (C=O) groups excluding carboxylic acids is 2. The van der Waals surface area contributed by atoms with E-state index in [1.165, 1.54) is 25.1 Å². The third kappa shape index (κ3) is 6.38. The lowest BCUT2D eigenvalue weighted by molar-refractivity contribution is -0.167. The largest absolute Gasteiger partial charge is 0.471 e. The Morgan fingerprint density at radius 2 is 2.00 bits per heavy atom. The molecule has 0 bridgehead atoms. The summed E-state index contributed by atoms with van der Waals surface area (Å²) in [6.07, 6.45) is -3.07. The molecule has 0 aliphatic carbocycles. The molecule has 0 aliphatic heterocycles. The molecule has 126 valence electrons. The molecule has 0 fully saturated rings. The molecular formula is C14H13ClF3IN2O2. The first kappa shape index (κ1) is 19.8. The maximum absolute atomic E-state index is 12.3. The second-order valence-electron chi connectivity index (χ2n) is 4.71. The maximum atomic E-state index is 12.3. The number of ketones is 1. The Morgan fingerprint density at radius 3 is 2.52 bits per heavy atom. The van der Waals surface area contributed by atoms with Crippen molar-refractivity contribution in [1.29, 1.82) is 0 Å². The van der Waals surface area contributed by atoms with E-state index in [-0.39, 0.29) is 11.5 Å². The predicted octanol–water partition coefficient (Wildman–Crippen LogP) is 3.81. The molecule has 0 radical (unpaired) electrons. The van der Waals surface area contributed by atoms with Gasteiger partial charge in [0.05, 0.1) is 5.69 Å². The maximum Gasteiger partial charge on any atom is 0.471 e. The van der Waals surface area contributed by atoms with Crippen molar-refractivity contribution >= 4 is 51.6 Å². The number of allylic oxidation sites excluding steroid dienone is 2. The molecule has 1 amide bonds. The number of benzene rings is 1. The number of halogens is 5. The molecule has 9 heteroatoms. The van der Waals surface area contributed by atoms with E-state index in [1.54, 1.807) is 22.6 Å². The number of hydrogen-bond acceptors (Lipinski definition) is 3. The topological polar surface area (TPSA) is 72.2 Å². The van der Waals surface area contributed by atoms with Crippen molar-refractivity contribution in [1.82, 2.24) is 0 Å². The number of alkyl halides is 3. The van der Waals surface area contributed by atoms with Gasteiger partial charge in [0.1, 0.15) is 0 Å². The van der Waals surface area contributed by atoms with Gasteiger partial charge in [-0.05, 0) is 66.1 Å². The van der Waals surface area contributed by atoms with Gasteiger partial charge in [-0.15, -0.1) is 0 Å². The van der Waals surface area contributed by atoms with Crippen LogP contribution in [0.15, 0.2) is 23.9 Å². The van der Waals surface area contributed by atoms with Crippen LogP contribution in [0.5, 0.6) is 0 Å². The fourth-order valence-corrected chi connectivity index (χ4v) is 2.73. The van der Waals surface area contributed by atoms with E-state index in [2.05, 4.69) is 0 Å². The van der Waals surface area contributed by atoms with E-state index in [4.69, 9.17) is 17.3 Å². The van der Waals surface area contributed by atoms with Crippen LogP contribution in [0.2, 0.25) is 5.02 Å². The van der Waals surface area contributed by atoms with Gasteiger partial charge in [-0.3, -0.25) is 9.59 Å². The van der Waals surface area contributed by atoms with E-state index in [9.17, 15) is 22.8 Å². The normalized spacial score (nSPS) is 12.2. The van der Waals surface area contributed by atoms with Gasteiger partial charge in [0, 0.05) is 14.3 Å². The molecule has 1 aromatic rings. The number of nitrogens with one attached hydrogen (secondary N) is 1. The van der Waals surface area contributed by atoms with Gasteiger partial charge in [-0.25, -0.2) is 0 Å². The summed E-state index contributed by atoms with van der Waals surface area (Å²) >= 11 is 7.82. The molecule has 0 atom stereocenters. The highest BCUT2D eigenvalue weighted by Gasteiger charge is 2.39. The Labute approximate surface area is 149 Å². The molecule has 0 unspecified atom stereocenters. The number of aryl methyl sites for hydroxylation is 1. The molecule has 4 nitrogen and oxygen atoms in total. The Hall–Kier alpha value is -1.29. The standard InChI is InChI=1S/C14H13ClF3IN2O2/c1-7(22)4-9(20)3-2-8-5-12(11(19)6-10(8)15)21-13(23)14(16,17)18/h4-6H,2-3,20H2,1H3,(H,21,23)/b9-4-. The van der Waals surface area contributed by atoms with Crippen molar-refractivity contribution in [2.45, 2.75) is 25.9 Å². The third-order valence-corrected chi connectivity index (χ3v) is 3.96. The van der Waals surface area contributed by atoms with Gasteiger partial charge < -0.3 is 11.1 Å². The van der Waals surface area contributed by atoms with Gasteiger partial charge in [0.2, 0.25) is 0 Å². The highest BCUT2D eigenvalue weighted by atomic mass is 127. The van der Waals surface area contributed by atoms with Crippen LogP contribution in [-0.2, 0) is 16.0 Å². The Balaban J connectivity index is 2.96. The van der Waals surface area contributed by atoms with Crippen molar-refractivity contribution in [2.75, 3.05) is 5.32 Å². The van der Waals surface area contributed by atoms with Crippen LogP contribution < -0.4 is 11.1 Å². The van der Waals surface area contributed by atoms with Crippen molar-refractivity contribution in [2.24, 2.45) is 5.73 Å². The van der Waals surface area contributed by atoms with Crippen molar-refractivity contribution in [3.05, 3.63) is 38.1 Å². The molecule has 0 saturated heterocycles. The minimum Gasteiger partial charge on any atom is -0.402 e. The summed E-state index contributed by atoms with van der Waals surface area (Å²) in [7, 11) is 0. The highest BCUT2D eigenvalue weighted by molar-refractivity contribution is 14.1. The second-order valence-corrected chi connectivity index (χ2v) is 6.27. The molecule has 0 heterocycles. The van der Waals surface area contributed by atoms with E-state index < -0.39 is 12.1 Å². The first-order valence-electron chi connectivity index (χ1n) is 6.33. The monoisotopic (exact) mass is 460 g/mol. The Morgan fingerprint density at radius 1 is 1.39 bits per heavy atom. The number of anilines is 1. The minimum absolute atomic E-state index is 0.0152. The molecule has 3 N–H and O–H groups in total. The molecule has 0 aromatic heterocycles. The lowest BCUT2D eigenvalue weighted by Gasteiger charge is -2.13. The minimum atomic E-state index is -4.97. The van der Waals surface area contributed by atoms with Gasteiger partial charge >= 0.3 is 12.1 Å². The number of amides is 1. The van der Waals surface area contributed by atoms with Crippen molar-refractivity contribution < 1.29 is 22.8 Å². The smallest absolute Gasteiger partial charge is 0.402 e. The van der Waals surface area contributed by atoms with Gasteiger partial charge in [0.25, 0.3) is 0 Å². The number of nitrogens with two attached hydrogens (primary N) is 1. The van der Waals surface area contributed by atoms with Crippen LogP contribution in [-0.4, -0.2) is 17.9 Å². The number of rotatable bonds is 5. The van der Waals surface area contributed by atoms with Gasteiger partial charge in [0.15, 0.2) is 5.78 Å². The van der Waals surface area contributed by atoms with E-state index in [1.807, 2.05) is 5.32 Å². The lowest BCUT2D eigenvalue weighted by atomic mass is 10.1. The summed E-state index contributed by atoms with van der Waals surface area (Å²) in [5.74, 6) is -2.26. The van der Waals surface area contributed by atoms with Crippen LogP contribution >= 0.6 is 34.2 Å². The Bertz CT molecular complexity index is 660. The first-order valence-corrected chi connectivity index (χ1v) is 7.79. The average molecular weight is 461 g/mol. The fourth-order valence-electron chi connectivity index (χ4n) is 1.69. The SMILES string of the molecule is CC(=O)/C=C(\N)CCc1cc(NC(=O)C(F)(F)F)c(I)cc1Cl. The zero-order valence-corrected chi connectivity index (χ0v) is 14.8. The lowest BCUT2D eigenvalue weighted by Crippen LogP contribution is -2.30. The second kappa shape index (κ2) is 8.00. The van der Waals surface area contributed by atoms with Crippen molar-refractivity contribution in [3.63, 3.8) is 0 Å². The molecule has 1 aromatic carbocycles. The molecule has 1 rings (SSSR count). The average Bonchev–Trinajstić information content (AvgIpc) is 2.38. The van der Waals surface area contributed by atoms with Crippen LogP contribution in [0.4, 0.5) is 18.9 Å². The van der Waals surface area contributed by atoms with Gasteiger partial charge in [-0.2, -0.15) is 13.2 Å². The van der Waals surface area contributed by atoms with E-state index in [0.717, 1.165) is 0 Å².